The molecule has 0 N–H and O–H groups in total. The van der Waals surface area contributed by atoms with E-state index in [2.05, 4.69) is 5.10 Å². The molecule has 0 aromatic carbocycles. The van der Waals surface area contributed by atoms with Gasteiger partial charge in [0.25, 0.3) is 5.88 Å². The van der Waals surface area contributed by atoms with E-state index in [0.29, 0.717) is 16.8 Å². The zero-order valence-electron chi connectivity index (χ0n) is 6.59. The van der Waals surface area contributed by atoms with Gasteiger partial charge >= 0.3 is 0 Å². The number of ether oxygens (including phenoxy) is 2. The Balaban J connectivity index is 3.14. The Morgan fingerprint density at radius 2 is 2.00 bits per heavy atom. The number of methoxy groups -OCH3 is 2. The molecule has 11 heavy (non-hydrogen) atoms. The Morgan fingerprint density at radius 1 is 1.36 bits per heavy atom. The SMILES string of the molecule is COc1nn(C)c(OC)c1Cl. The molecule has 0 amide bonds. The van der Waals surface area contributed by atoms with Gasteiger partial charge in [-0.15, -0.1) is 5.10 Å². The quantitative estimate of drug-likeness (QED) is 0.677. The number of aromatic nitrogens is 2. The number of halogens is 1. The van der Waals surface area contributed by atoms with Gasteiger partial charge in [0.2, 0.25) is 5.88 Å². The Kier molecular flexibility index (Phi) is 2.24. The van der Waals surface area contributed by atoms with Gasteiger partial charge in [-0.2, -0.15) is 0 Å². The zero-order chi connectivity index (χ0) is 8.43. The number of rotatable bonds is 2. The van der Waals surface area contributed by atoms with Gasteiger partial charge < -0.3 is 9.47 Å². The molecule has 0 unspecified atom stereocenters. The van der Waals surface area contributed by atoms with Crippen LogP contribution in [0, 0.1) is 0 Å². The van der Waals surface area contributed by atoms with E-state index < -0.39 is 0 Å². The van der Waals surface area contributed by atoms with Crippen LogP contribution in [0.25, 0.3) is 0 Å². The molecule has 0 spiro atoms. The first-order chi connectivity index (χ1) is 5.20. The molecule has 0 atom stereocenters. The summed E-state index contributed by atoms with van der Waals surface area (Å²) in [6.07, 6.45) is 0. The molecular weight excluding hydrogens is 168 g/mol. The number of aryl methyl sites for hydroxylation is 1. The van der Waals surface area contributed by atoms with Gasteiger partial charge in [0.15, 0.2) is 5.02 Å². The van der Waals surface area contributed by atoms with Crippen molar-refractivity contribution in [1.29, 1.82) is 0 Å². The Hall–Kier alpha value is -0.900. The third-order valence-corrected chi connectivity index (χ3v) is 1.62. The van der Waals surface area contributed by atoms with Crippen molar-refractivity contribution in [2.75, 3.05) is 14.2 Å². The predicted octanol–water partition coefficient (Wildman–Crippen LogP) is 1.09. The second-order valence-corrected chi connectivity index (χ2v) is 2.33. The van der Waals surface area contributed by atoms with E-state index in [0.717, 1.165) is 0 Å². The maximum atomic E-state index is 5.80. The predicted molar refractivity (Wildman–Crippen MR) is 41.3 cm³/mol. The van der Waals surface area contributed by atoms with Gasteiger partial charge in [0.05, 0.1) is 14.2 Å². The van der Waals surface area contributed by atoms with Crippen LogP contribution in [-0.2, 0) is 7.05 Å². The van der Waals surface area contributed by atoms with E-state index in [1.54, 1.807) is 7.05 Å². The van der Waals surface area contributed by atoms with E-state index in [1.165, 1.54) is 18.9 Å². The molecule has 0 saturated heterocycles. The molecule has 62 valence electrons. The lowest BCUT2D eigenvalue weighted by atomic mass is 10.6. The van der Waals surface area contributed by atoms with Gasteiger partial charge in [-0.05, 0) is 0 Å². The van der Waals surface area contributed by atoms with Crippen molar-refractivity contribution in [3.8, 4) is 11.8 Å². The lowest BCUT2D eigenvalue weighted by Crippen LogP contribution is -1.94. The van der Waals surface area contributed by atoms with Crippen LogP contribution >= 0.6 is 11.6 Å². The van der Waals surface area contributed by atoms with Gasteiger partial charge in [-0.25, -0.2) is 4.68 Å². The van der Waals surface area contributed by atoms with E-state index in [-0.39, 0.29) is 0 Å². The van der Waals surface area contributed by atoms with Crippen molar-refractivity contribution in [3.05, 3.63) is 5.02 Å². The first-order valence-electron chi connectivity index (χ1n) is 3.01. The average molecular weight is 177 g/mol. The van der Waals surface area contributed by atoms with Gasteiger partial charge in [-0.1, -0.05) is 11.6 Å². The monoisotopic (exact) mass is 176 g/mol. The minimum atomic E-state index is 0.381. The van der Waals surface area contributed by atoms with Crippen molar-refractivity contribution >= 4 is 11.6 Å². The maximum Gasteiger partial charge on any atom is 0.255 e. The third kappa shape index (κ3) is 1.26. The second kappa shape index (κ2) is 3.00. The largest absolute Gasteiger partial charge is 0.480 e. The average Bonchev–Trinajstić information content (AvgIpc) is 2.26. The Morgan fingerprint density at radius 3 is 2.27 bits per heavy atom. The fourth-order valence-corrected chi connectivity index (χ4v) is 1.13. The molecule has 0 fully saturated rings. The van der Waals surface area contributed by atoms with Crippen LogP contribution in [-0.4, -0.2) is 24.0 Å². The van der Waals surface area contributed by atoms with Gasteiger partial charge in [-0.3, -0.25) is 0 Å². The first kappa shape index (κ1) is 8.20. The summed E-state index contributed by atoms with van der Waals surface area (Å²) in [7, 11) is 4.77. The van der Waals surface area contributed by atoms with Crippen LogP contribution in [0.5, 0.6) is 11.8 Å². The lowest BCUT2D eigenvalue weighted by Gasteiger charge is -1.97. The van der Waals surface area contributed by atoms with Crippen LogP contribution in [0.1, 0.15) is 0 Å². The summed E-state index contributed by atoms with van der Waals surface area (Å²) < 4.78 is 11.3. The van der Waals surface area contributed by atoms with Crippen molar-refractivity contribution < 1.29 is 9.47 Å². The molecular formula is C6H9ClN2O2. The van der Waals surface area contributed by atoms with Crippen LogP contribution in [0.15, 0.2) is 0 Å². The maximum absolute atomic E-state index is 5.80. The minimum absolute atomic E-state index is 0.381. The molecule has 5 heteroatoms. The summed E-state index contributed by atoms with van der Waals surface area (Å²) in [6.45, 7) is 0. The van der Waals surface area contributed by atoms with E-state index in [9.17, 15) is 0 Å². The minimum Gasteiger partial charge on any atom is -0.480 e. The molecule has 0 aliphatic carbocycles. The molecule has 1 heterocycles. The zero-order valence-corrected chi connectivity index (χ0v) is 7.34. The van der Waals surface area contributed by atoms with E-state index in [1.807, 2.05) is 0 Å². The molecule has 1 aromatic rings. The number of hydrogen-bond acceptors (Lipinski definition) is 3. The normalized spacial score (nSPS) is 9.82. The fourth-order valence-electron chi connectivity index (χ4n) is 0.811. The summed E-state index contributed by atoms with van der Waals surface area (Å²) in [4.78, 5) is 0. The summed E-state index contributed by atoms with van der Waals surface area (Å²) in [6, 6.07) is 0. The summed E-state index contributed by atoms with van der Waals surface area (Å²) in [5.41, 5.74) is 0. The van der Waals surface area contributed by atoms with Crippen molar-refractivity contribution in [1.82, 2.24) is 9.78 Å². The van der Waals surface area contributed by atoms with Crippen LogP contribution in [0.3, 0.4) is 0 Å². The summed E-state index contributed by atoms with van der Waals surface area (Å²) in [5.74, 6) is 0.884. The Labute approximate surface area is 69.7 Å². The highest BCUT2D eigenvalue weighted by Crippen LogP contribution is 2.32. The first-order valence-corrected chi connectivity index (χ1v) is 3.39. The molecule has 1 aromatic heterocycles. The summed E-state index contributed by atoms with van der Waals surface area (Å²) in [5, 5.41) is 4.34. The van der Waals surface area contributed by atoms with Crippen LogP contribution in [0.2, 0.25) is 5.02 Å². The fraction of sp³-hybridized carbons (Fsp3) is 0.500. The molecule has 4 nitrogen and oxygen atoms in total. The third-order valence-electron chi connectivity index (χ3n) is 1.30. The summed E-state index contributed by atoms with van der Waals surface area (Å²) >= 11 is 5.80. The van der Waals surface area contributed by atoms with Gasteiger partial charge in [0.1, 0.15) is 0 Å². The van der Waals surface area contributed by atoms with E-state index in [4.69, 9.17) is 21.1 Å². The topological polar surface area (TPSA) is 36.3 Å². The van der Waals surface area contributed by atoms with Crippen molar-refractivity contribution in [2.24, 2.45) is 7.05 Å². The van der Waals surface area contributed by atoms with Crippen molar-refractivity contribution in [2.45, 2.75) is 0 Å². The highest BCUT2D eigenvalue weighted by atomic mass is 35.5. The van der Waals surface area contributed by atoms with Crippen LogP contribution < -0.4 is 9.47 Å². The highest BCUT2D eigenvalue weighted by Gasteiger charge is 2.14. The molecule has 0 aliphatic rings. The number of nitrogens with zero attached hydrogens (tertiary/aromatic N) is 2. The molecule has 0 radical (unpaired) electrons. The number of hydrogen-bond donors (Lipinski definition) is 0. The molecule has 1 rings (SSSR count). The highest BCUT2D eigenvalue weighted by molar-refractivity contribution is 6.33. The molecule has 0 saturated carbocycles. The lowest BCUT2D eigenvalue weighted by molar-refractivity contribution is 0.370. The molecule has 0 aliphatic heterocycles. The second-order valence-electron chi connectivity index (χ2n) is 1.96. The molecule has 0 bridgehead atoms. The van der Waals surface area contributed by atoms with Crippen LogP contribution in [0.4, 0.5) is 0 Å². The van der Waals surface area contributed by atoms with E-state index >= 15 is 0 Å². The smallest absolute Gasteiger partial charge is 0.255 e. The van der Waals surface area contributed by atoms with Crippen molar-refractivity contribution in [3.63, 3.8) is 0 Å². The van der Waals surface area contributed by atoms with Gasteiger partial charge in [0, 0.05) is 7.05 Å². The standard InChI is InChI=1S/C6H9ClN2O2/c1-9-6(11-3)4(7)5(8-9)10-2/h1-3H3. The Bertz CT molecular complexity index is 259.